The zero-order valence-corrected chi connectivity index (χ0v) is 17.2. The Morgan fingerprint density at radius 1 is 1.06 bits per heavy atom. The number of amides is 2. The molecule has 0 radical (unpaired) electrons. The van der Waals surface area contributed by atoms with Gasteiger partial charge in [-0.25, -0.2) is 4.79 Å². The zero-order chi connectivity index (χ0) is 21.4. The molecule has 6 nitrogen and oxygen atoms in total. The summed E-state index contributed by atoms with van der Waals surface area (Å²) in [5.74, 6) is 0.595. The normalized spacial score (nSPS) is 18.0. The molecule has 0 spiro atoms. The molecule has 1 aliphatic carbocycles. The van der Waals surface area contributed by atoms with Crippen LogP contribution in [0.2, 0.25) is 0 Å². The van der Waals surface area contributed by atoms with Gasteiger partial charge in [0.15, 0.2) is 5.78 Å². The number of carbonyl (C=O) groups excluding carboxylic acids is 2. The lowest BCUT2D eigenvalue weighted by molar-refractivity contribution is -0.116. The van der Waals surface area contributed by atoms with Gasteiger partial charge in [-0.15, -0.1) is 0 Å². The van der Waals surface area contributed by atoms with Crippen molar-refractivity contribution in [1.29, 1.82) is 0 Å². The summed E-state index contributed by atoms with van der Waals surface area (Å²) in [7, 11) is 0. The number of aryl methyl sites for hydroxylation is 1. The summed E-state index contributed by atoms with van der Waals surface area (Å²) < 4.78 is 5.76. The largest absolute Gasteiger partial charge is 0.467 e. The molecule has 0 fully saturated rings. The number of benzene rings is 2. The fourth-order valence-corrected chi connectivity index (χ4v) is 4.36. The Hall–Kier alpha value is -3.80. The maximum atomic E-state index is 13.7. The Kier molecular flexibility index (Phi) is 4.82. The van der Waals surface area contributed by atoms with Gasteiger partial charge >= 0.3 is 6.03 Å². The highest BCUT2D eigenvalue weighted by molar-refractivity contribution is 6.09. The van der Waals surface area contributed by atoms with E-state index in [1.807, 2.05) is 61.5 Å². The molecule has 31 heavy (non-hydrogen) atoms. The van der Waals surface area contributed by atoms with Crippen LogP contribution in [0.4, 0.5) is 21.9 Å². The summed E-state index contributed by atoms with van der Waals surface area (Å²) in [4.78, 5) is 28.5. The predicted molar refractivity (Wildman–Crippen MR) is 120 cm³/mol. The van der Waals surface area contributed by atoms with Gasteiger partial charge in [-0.2, -0.15) is 0 Å². The van der Waals surface area contributed by atoms with Crippen LogP contribution in [0.3, 0.4) is 0 Å². The van der Waals surface area contributed by atoms with Crippen LogP contribution in [0.25, 0.3) is 0 Å². The third kappa shape index (κ3) is 3.40. The summed E-state index contributed by atoms with van der Waals surface area (Å²) in [5, 5.41) is 6.47. The van der Waals surface area contributed by atoms with Crippen LogP contribution in [-0.2, 0) is 4.79 Å². The minimum Gasteiger partial charge on any atom is -0.467 e. The van der Waals surface area contributed by atoms with Crippen molar-refractivity contribution >= 4 is 28.9 Å². The lowest BCUT2D eigenvalue weighted by atomic mass is 9.88. The van der Waals surface area contributed by atoms with Gasteiger partial charge < -0.3 is 15.1 Å². The molecule has 2 aromatic carbocycles. The quantitative estimate of drug-likeness (QED) is 0.557. The lowest BCUT2D eigenvalue weighted by Crippen LogP contribution is -2.40. The van der Waals surface area contributed by atoms with Crippen LogP contribution in [-0.4, -0.2) is 11.8 Å². The summed E-state index contributed by atoms with van der Waals surface area (Å²) in [6.07, 6.45) is 3.57. The van der Waals surface area contributed by atoms with Crippen molar-refractivity contribution in [3.63, 3.8) is 0 Å². The number of rotatable bonds is 2. The highest BCUT2D eigenvalue weighted by Crippen LogP contribution is 2.45. The third-order valence-corrected chi connectivity index (χ3v) is 5.86. The number of allylic oxidation sites excluding steroid dienone is 1. The number of urea groups is 1. The van der Waals surface area contributed by atoms with E-state index in [0.29, 0.717) is 23.4 Å². The highest BCUT2D eigenvalue weighted by Gasteiger charge is 2.41. The Balaban J connectivity index is 1.69. The van der Waals surface area contributed by atoms with Gasteiger partial charge in [-0.1, -0.05) is 30.3 Å². The monoisotopic (exact) mass is 413 g/mol. The number of hydrogen-bond acceptors (Lipinski definition) is 4. The standard InChI is InChI=1S/C25H23N3O3/c1-16-8-2-3-9-17(16)27-25(30)28-20-12-5-4-10-18(20)26-19-11-6-13-21(29)23(19)24(28)22-14-7-15-31-22/h2-5,7-10,12,14-15,24,26H,6,11,13H2,1H3,(H,27,30)/t24-/m0/s1. The molecule has 2 heterocycles. The first-order chi connectivity index (χ1) is 15.1. The number of ketones is 1. The first kappa shape index (κ1) is 19.2. The molecule has 156 valence electrons. The molecule has 0 saturated heterocycles. The predicted octanol–water partition coefficient (Wildman–Crippen LogP) is 5.80. The van der Waals surface area contributed by atoms with E-state index >= 15 is 0 Å². The van der Waals surface area contributed by atoms with Gasteiger partial charge in [0.2, 0.25) is 0 Å². The van der Waals surface area contributed by atoms with Crippen LogP contribution in [0.5, 0.6) is 0 Å². The molecule has 0 unspecified atom stereocenters. The highest BCUT2D eigenvalue weighted by atomic mass is 16.3. The average Bonchev–Trinajstić information content (AvgIpc) is 3.25. The molecule has 2 N–H and O–H groups in total. The van der Waals surface area contributed by atoms with Crippen molar-refractivity contribution < 1.29 is 14.0 Å². The lowest BCUT2D eigenvalue weighted by Gasteiger charge is -2.32. The molecule has 5 rings (SSSR count). The van der Waals surface area contributed by atoms with E-state index < -0.39 is 6.04 Å². The fourth-order valence-electron chi connectivity index (χ4n) is 4.36. The summed E-state index contributed by atoms with van der Waals surface area (Å²) in [6, 6.07) is 17.9. The molecule has 2 amide bonds. The number of hydrogen-bond donors (Lipinski definition) is 2. The number of furan rings is 1. The Labute approximate surface area is 180 Å². The Morgan fingerprint density at radius 2 is 1.87 bits per heavy atom. The molecule has 1 aliphatic heterocycles. The van der Waals surface area contributed by atoms with Crippen molar-refractivity contribution in [2.75, 3.05) is 15.5 Å². The molecule has 1 aromatic heterocycles. The summed E-state index contributed by atoms with van der Waals surface area (Å²) in [5.41, 5.74) is 4.62. The van der Waals surface area contributed by atoms with Gasteiger partial charge in [0.05, 0.1) is 17.6 Å². The van der Waals surface area contributed by atoms with Crippen molar-refractivity contribution in [2.24, 2.45) is 0 Å². The molecule has 2 aliphatic rings. The minimum absolute atomic E-state index is 0.0386. The Morgan fingerprint density at radius 3 is 2.68 bits per heavy atom. The number of fused-ring (bicyclic) bond motifs is 1. The van der Waals surface area contributed by atoms with E-state index in [4.69, 9.17) is 4.42 Å². The topological polar surface area (TPSA) is 74.6 Å². The second-order valence-electron chi connectivity index (χ2n) is 7.84. The van der Waals surface area contributed by atoms with E-state index in [1.54, 1.807) is 17.2 Å². The van der Waals surface area contributed by atoms with Crippen LogP contribution in [0.1, 0.15) is 36.6 Å². The maximum Gasteiger partial charge on any atom is 0.327 e. The van der Waals surface area contributed by atoms with Crippen LogP contribution >= 0.6 is 0 Å². The van der Waals surface area contributed by atoms with Crippen LogP contribution in [0.15, 0.2) is 82.6 Å². The number of nitrogens with zero attached hydrogens (tertiary/aromatic N) is 1. The van der Waals surface area contributed by atoms with Crippen LogP contribution in [0, 0.1) is 6.92 Å². The van der Waals surface area contributed by atoms with Gasteiger partial charge in [-0.05, 0) is 55.7 Å². The minimum atomic E-state index is -0.655. The smallest absolute Gasteiger partial charge is 0.327 e. The van der Waals surface area contributed by atoms with Crippen molar-refractivity contribution in [3.8, 4) is 0 Å². The zero-order valence-electron chi connectivity index (χ0n) is 17.2. The molecule has 3 aromatic rings. The van der Waals surface area contributed by atoms with Crippen molar-refractivity contribution in [3.05, 3.63) is 89.5 Å². The number of nitrogens with one attached hydrogen (secondary N) is 2. The number of para-hydroxylation sites is 3. The number of anilines is 3. The van der Waals surface area contributed by atoms with Crippen molar-refractivity contribution in [1.82, 2.24) is 0 Å². The van der Waals surface area contributed by atoms with Crippen molar-refractivity contribution in [2.45, 2.75) is 32.2 Å². The van der Waals surface area contributed by atoms with E-state index in [2.05, 4.69) is 10.6 Å². The Bertz CT molecular complexity index is 1180. The fraction of sp³-hybridized carbons (Fsp3) is 0.200. The molecule has 0 bridgehead atoms. The molecule has 6 heteroatoms. The molecule has 1 atom stereocenters. The summed E-state index contributed by atoms with van der Waals surface area (Å²) >= 11 is 0. The summed E-state index contributed by atoms with van der Waals surface area (Å²) in [6.45, 7) is 1.95. The van der Waals surface area contributed by atoms with Gasteiger partial charge in [0.1, 0.15) is 11.8 Å². The first-order valence-corrected chi connectivity index (χ1v) is 10.4. The SMILES string of the molecule is Cc1ccccc1NC(=O)N1c2ccccc2NC2=C(C(=O)CCC2)[C@@H]1c1ccco1. The van der Waals surface area contributed by atoms with Crippen LogP contribution < -0.4 is 15.5 Å². The van der Waals surface area contributed by atoms with E-state index in [9.17, 15) is 9.59 Å². The molecular weight excluding hydrogens is 390 g/mol. The maximum absolute atomic E-state index is 13.7. The molecule has 0 saturated carbocycles. The first-order valence-electron chi connectivity index (χ1n) is 10.4. The van der Waals surface area contributed by atoms with Gasteiger partial charge in [0, 0.05) is 23.4 Å². The van der Waals surface area contributed by atoms with Gasteiger partial charge in [-0.3, -0.25) is 9.69 Å². The number of Topliss-reactive ketones (excluding diaryl/α,β-unsaturated/α-hetero) is 1. The van der Waals surface area contributed by atoms with E-state index in [0.717, 1.165) is 35.5 Å². The van der Waals surface area contributed by atoms with E-state index in [-0.39, 0.29) is 11.8 Å². The molecular formula is C25H23N3O3. The number of carbonyl (C=O) groups is 2. The second kappa shape index (κ2) is 7.80. The average molecular weight is 413 g/mol. The second-order valence-corrected chi connectivity index (χ2v) is 7.84. The van der Waals surface area contributed by atoms with Gasteiger partial charge in [0.25, 0.3) is 0 Å². The third-order valence-electron chi connectivity index (χ3n) is 5.86. The van der Waals surface area contributed by atoms with E-state index in [1.165, 1.54) is 0 Å².